The fourth-order valence-electron chi connectivity index (χ4n) is 2.33. The van der Waals surface area contributed by atoms with Crippen LogP contribution in [0.4, 0.5) is 5.69 Å². The molecule has 1 aliphatic heterocycles. The molecule has 1 aromatic heterocycles. The molecule has 0 atom stereocenters. The SMILES string of the molecule is C=CCN1C(=O)C(=Cc2ccc(-c3ccccc3[N+](=O)[O-])o2)SC1=S. The molecule has 1 aromatic carbocycles. The first-order valence-corrected chi connectivity index (χ1v) is 8.43. The van der Waals surface area contributed by atoms with Gasteiger partial charge in [-0.3, -0.25) is 19.8 Å². The van der Waals surface area contributed by atoms with Crippen molar-refractivity contribution in [2.45, 2.75) is 0 Å². The number of para-hydroxylation sites is 1. The molecule has 25 heavy (non-hydrogen) atoms. The molecule has 1 saturated heterocycles. The van der Waals surface area contributed by atoms with Crippen LogP contribution in [0.25, 0.3) is 17.4 Å². The molecular formula is C17H12N2O4S2. The van der Waals surface area contributed by atoms with Crippen LogP contribution in [-0.4, -0.2) is 26.6 Å². The number of amides is 1. The largest absolute Gasteiger partial charge is 0.456 e. The number of thiocarbonyl (C=S) groups is 1. The third-order valence-corrected chi connectivity index (χ3v) is 4.83. The lowest BCUT2D eigenvalue weighted by Crippen LogP contribution is -2.27. The lowest BCUT2D eigenvalue weighted by Gasteiger charge is -2.10. The molecule has 1 amide bonds. The van der Waals surface area contributed by atoms with Crippen molar-refractivity contribution in [1.82, 2.24) is 4.90 Å². The minimum Gasteiger partial charge on any atom is -0.456 e. The monoisotopic (exact) mass is 372 g/mol. The molecule has 2 aromatic rings. The maximum Gasteiger partial charge on any atom is 0.280 e. The van der Waals surface area contributed by atoms with Crippen molar-refractivity contribution < 1.29 is 14.1 Å². The number of thioether (sulfide) groups is 1. The Labute approximate surface area is 153 Å². The van der Waals surface area contributed by atoms with Crippen molar-refractivity contribution in [2.75, 3.05) is 6.54 Å². The van der Waals surface area contributed by atoms with Crippen molar-refractivity contribution >= 4 is 46.0 Å². The van der Waals surface area contributed by atoms with Crippen LogP contribution in [0.2, 0.25) is 0 Å². The van der Waals surface area contributed by atoms with Crippen LogP contribution in [0, 0.1) is 10.1 Å². The van der Waals surface area contributed by atoms with Gasteiger partial charge in [0.05, 0.1) is 15.4 Å². The lowest BCUT2D eigenvalue weighted by molar-refractivity contribution is -0.384. The van der Waals surface area contributed by atoms with E-state index in [4.69, 9.17) is 16.6 Å². The maximum atomic E-state index is 12.3. The summed E-state index contributed by atoms with van der Waals surface area (Å²) in [5.41, 5.74) is 0.340. The Bertz CT molecular complexity index is 917. The summed E-state index contributed by atoms with van der Waals surface area (Å²) in [5.74, 6) is 0.575. The summed E-state index contributed by atoms with van der Waals surface area (Å²) in [6.45, 7) is 3.95. The first kappa shape index (κ1) is 17.1. The lowest BCUT2D eigenvalue weighted by atomic mass is 10.1. The molecule has 1 fully saturated rings. The van der Waals surface area contributed by atoms with E-state index in [0.29, 0.717) is 32.9 Å². The van der Waals surface area contributed by atoms with Gasteiger partial charge in [-0.1, -0.05) is 42.2 Å². The average molecular weight is 372 g/mol. The number of nitro benzene ring substituents is 1. The Morgan fingerprint density at radius 2 is 2.08 bits per heavy atom. The van der Waals surface area contributed by atoms with Crippen LogP contribution in [0.1, 0.15) is 5.76 Å². The summed E-state index contributed by atoms with van der Waals surface area (Å²) < 4.78 is 6.13. The fraction of sp³-hybridized carbons (Fsp3) is 0.0588. The summed E-state index contributed by atoms with van der Waals surface area (Å²) >= 11 is 6.36. The summed E-state index contributed by atoms with van der Waals surface area (Å²) in [7, 11) is 0. The number of carbonyl (C=O) groups is 1. The zero-order valence-corrected chi connectivity index (χ0v) is 14.5. The molecule has 0 spiro atoms. The number of furan rings is 1. The van der Waals surface area contributed by atoms with E-state index in [1.54, 1.807) is 42.5 Å². The molecule has 0 bridgehead atoms. The van der Waals surface area contributed by atoms with Crippen LogP contribution in [0.5, 0.6) is 0 Å². The van der Waals surface area contributed by atoms with E-state index in [9.17, 15) is 14.9 Å². The molecular weight excluding hydrogens is 360 g/mol. The minimum absolute atomic E-state index is 0.0410. The van der Waals surface area contributed by atoms with E-state index < -0.39 is 4.92 Å². The molecule has 0 saturated carbocycles. The highest BCUT2D eigenvalue weighted by atomic mass is 32.2. The highest BCUT2D eigenvalue weighted by molar-refractivity contribution is 8.26. The Balaban J connectivity index is 1.91. The second-order valence-corrected chi connectivity index (χ2v) is 6.73. The van der Waals surface area contributed by atoms with Gasteiger partial charge in [-0.2, -0.15) is 0 Å². The second kappa shape index (κ2) is 7.04. The van der Waals surface area contributed by atoms with Crippen molar-refractivity contribution in [3.8, 4) is 11.3 Å². The molecule has 0 radical (unpaired) electrons. The number of hydrogen-bond donors (Lipinski definition) is 0. The summed E-state index contributed by atoms with van der Waals surface area (Å²) in [6.07, 6.45) is 3.19. The van der Waals surface area contributed by atoms with Crippen LogP contribution in [0.15, 0.2) is 58.4 Å². The van der Waals surface area contributed by atoms with Crippen LogP contribution < -0.4 is 0 Å². The summed E-state index contributed by atoms with van der Waals surface area (Å²) in [4.78, 5) is 24.9. The van der Waals surface area contributed by atoms with Gasteiger partial charge in [0.1, 0.15) is 15.8 Å². The van der Waals surface area contributed by atoms with Crippen molar-refractivity contribution in [3.05, 3.63) is 69.8 Å². The average Bonchev–Trinajstić information content (AvgIpc) is 3.16. The maximum absolute atomic E-state index is 12.3. The van der Waals surface area contributed by atoms with Gasteiger partial charge >= 0.3 is 0 Å². The molecule has 3 rings (SSSR count). The van der Waals surface area contributed by atoms with Gasteiger partial charge in [0.15, 0.2) is 0 Å². The standard InChI is InChI=1S/C17H12N2O4S2/c1-2-9-18-16(20)15(25-17(18)24)10-11-7-8-14(23-11)12-5-3-4-6-13(12)19(21)22/h2-8,10H,1,9H2. The van der Waals surface area contributed by atoms with E-state index in [1.807, 2.05) is 0 Å². The number of rotatable bonds is 5. The zero-order chi connectivity index (χ0) is 18.0. The highest BCUT2D eigenvalue weighted by Crippen LogP contribution is 2.35. The van der Waals surface area contributed by atoms with Gasteiger partial charge in [-0.05, 0) is 18.2 Å². The molecule has 0 N–H and O–H groups in total. The third-order valence-electron chi connectivity index (χ3n) is 3.45. The molecule has 6 nitrogen and oxygen atoms in total. The van der Waals surface area contributed by atoms with Gasteiger partial charge in [0.25, 0.3) is 11.6 Å². The van der Waals surface area contributed by atoms with Gasteiger partial charge < -0.3 is 4.42 Å². The molecule has 0 unspecified atom stereocenters. The summed E-state index contributed by atoms with van der Waals surface area (Å²) in [6, 6.07) is 9.62. The Morgan fingerprint density at radius 3 is 2.80 bits per heavy atom. The van der Waals surface area contributed by atoms with E-state index in [-0.39, 0.29) is 11.6 Å². The van der Waals surface area contributed by atoms with Gasteiger partial charge in [-0.15, -0.1) is 6.58 Å². The fourth-order valence-corrected chi connectivity index (χ4v) is 3.59. The van der Waals surface area contributed by atoms with Crippen molar-refractivity contribution in [3.63, 3.8) is 0 Å². The Hall–Kier alpha value is -2.71. The van der Waals surface area contributed by atoms with E-state index in [2.05, 4.69) is 6.58 Å². The molecule has 0 aliphatic carbocycles. The number of nitrogens with zero attached hydrogens (tertiary/aromatic N) is 2. The quantitative estimate of drug-likeness (QED) is 0.257. The van der Waals surface area contributed by atoms with Crippen molar-refractivity contribution in [1.29, 1.82) is 0 Å². The molecule has 126 valence electrons. The third kappa shape index (κ3) is 3.40. The van der Waals surface area contributed by atoms with E-state index in [0.717, 1.165) is 0 Å². The predicted molar refractivity (Wildman–Crippen MR) is 101 cm³/mol. The van der Waals surface area contributed by atoms with Gasteiger partial charge in [0.2, 0.25) is 0 Å². The van der Waals surface area contributed by atoms with Crippen molar-refractivity contribution in [2.24, 2.45) is 0 Å². The summed E-state index contributed by atoms with van der Waals surface area (Å²) in [5, 5.41) is 11.1. The molecule has 2 heterocycles. The van der Waals surface area contributed by atoms with E-state index >= 15 is 0 Å². The minimum atomic E-state index is -0.460. The zero-order valence-electron chi connectivity index (χ0n) is 12.9. The number of hydrogen-bond acceptors (Lipinski definition) is 6. The Kier molecular flexibility index (Phi) is 4.82. The predicted octanol–water partition coefficient (Wildman–Crippen LogP) is 4.24. The second-order valence-electron chi connectivity index (χ2n) is 5.06. The van der Waals surface area contributed by atoms with Crippen LogP contribution in [-0.2, 0) is 4.79 Å². The molecule has 1 aliphatic rings. The number of carbonyl (C=O) groups excluding carboxylic acids is 1. The first-order chi connectivity index (χ1) is 12.0. The molecule has 8 heteroatoms. The Morgan fingerprint density at radius 1 is 1.32 bits per heavy atom. The van der Waals surface area contributed by atoms with Gasteiger partial charge in [0, 0.05) is 18.7 Å². The topological polar surface area (TPSA) is 76.6 Å². The van der Waals surface area contributed by atoms with Gasteiger partial charge in [-0.25, -0.2) is 0 Å². The van der Waals surface area contributed by atoms with Crippen LogP contribution >= 0.6 is 24.0 Å². The van der Waals surface area contributed by atoms with Crippen LogP contribution in [0.3, 0.4) is 0 Å². The number of nitro groups is 1. The normalized spacial score (nSPS) is 15.8. The van der Waals surface area contributed by atoms with E-state index in [1.165, 1.54) is 22.7 Å². The highest BCUT2D eigenvalue weighted by Gasteiger charge is 2.31. The first-order valence-electron chi connectivity index (χ1n) is 7.21. The number of benzene rings is 1. The smallest absolute Gasteiger partial charge is 0.280 e.